The monoisotopic (exact) mass is 382 g/mol. The van der Waals surface area contributed by atoms with E-state index < -0.39 is 23.7 Å². The number of rotatable bonds is 5. The Balaban J connectivity index is 1.91. The Morgan fingerprint density at radius 1 is 1.11 bits per heavy atom. The number of carboxylic acid groups (broad SMARTS) is 1. The number of para-hydroxylation sites is 1. The van der Waals surface area contributed by atoms with Gasteiger partial charge in [0.05, 0.1) is 0 Å². The molecule has 2 N–H and O–H groups in total. The number of benzene rings is 2. The summed E-state index contributed by atoms with van der Waals surface area (Å²) in [5.41, 5.74) is 2.42. The fraction of sp³-hybridized carbons (Fsp3) is 0.364. The van der Waals surface area contributed by atoms with Crippen LogP contribution in [0.1, 0.15) is 33.3 Å². The maximum absolute atomic E-state index is 12.0. The molecule has 28 heavy (non-hydrogen) atoms. The van der Waals surface area contributed by atoms with Gasteiger partial charge in [-0.1, -0.05) is 24.3 Å². The summed E-state index contributed by atoms with van der Waals surface area (Å²) in [6.07, 6.45) is -0.556. The predicted molar refractivity (Wildman–Crippen MR) is 110 cm³/mol. The maximum atomic E-state index is 12.0. The number of aliphatic carboxylic acids is 1. The van der Waals surface area contributed by atoms with Crippen molar-refractivity contribution >= 4 is 33.9 Å². The van der Waals surface area contributed by atoms with Crippen LogP contribution in [0.25, 0.3) is 21.8 Å². The fourth-order valence-corrected chi connectivity index (χ4v) is 3.45. The molecule has 6 heteroatoms. The van der Waals surface area contributed by atoms with Crippen LogP contribution < -0.4 is 5.32 Å². The van der Waals surface area contributed by atoms with Gasteiger partial charge >= 0.3 is 12.1 Å². The highest BCUT2D eigenvalue weighted by atomic mass is 16.6. The van der Waals surface area contributed by atoms with E-state index in [0.29, 0.717) is 0 Å². The molecule has 3 aromatic rings. The number of alkyl carbamates (subject to hydrolysis) is 1. The van der Waals surface area contributed by atoms with E-state index in [1.165, 1.54) is 0 Å². The highest BCUT2D eigenvalue weighted by Crippen LogP contribution is 2.30. The Bertz CT molecular complexity index is 1030. The SMILES string of the molecule is CCn1c2ccccc2c2cc(C[C@H](NC(=O)OC(C)(C)C)C(=O)O)ccc21. The third-order valence-electron chi connectivity index (χ3n) is 4.58. The number of nitrogens with one attached hydrogen (secondary N) is 1. The van der Waals surface area contributed by atoms with Gasteiger partial charge in [-0.2, -0.15) is 0 Å². The van der Waals surface area contributed by atoms with Crippen molar-refractivity contribution in [3.63, 3.8) is 0 Å². The lowest BCUT2D eigenvalue weighted by Crippen LogP contribution is -2.44. The molecule has 0 unspecified atom stereocenters. The lowest BCUT2D eigenvalue weighted by atomic mass is 10.0. The number of aromatic nitrogens is 1. The second-order valence-corrected chi connectivity index (χ2v) is 7.85. The minimum atomic E-state index is -1.10. The number of carboxylic acids is 1. The van der Waals surface area contributed by atoms with Gasteiger partial charge in [0.2, 0.25) is 0 Å². The van der Waals surface area contributed by atoms with E-state index in [2.05, 4.69) is 28.9 Å². The quantitative estimate of drug-likeness (QED) is 0.688. The van der Waals surface area contributed by atoms with Crippen molar-refractivity contribution < 1.29 is 19.4 Å². The number of hydrogen-bond donors (Lipinski definition) is 2. The van der Waals surface area contributed by atoms with Crippen molar-refractivity contribution in [1.29, 1.82) is 0 Å². The number of ether oxygens (including phenoxy) is 1. The molecule has 2 aromatic carbocycles. The molecule has 1 amide bonds. The summed E-state index contributed by atoms with van der Waals surface area (Å²) < 4.78 is 7.42. The first-order valence-corrected chi connectivity index (χ1v) is 9.42. The summed E-state index contributed by atoms with van der Waals surface area (Å²) in [6, 6.07) is 13.0. The average molecular weight is 382 g/mol. The number of carbonyl (C=O) groups is 2. The Kier molecular flexibility index (Phi) is 5.31. The van der Waals surface area contributed by atoms with Crippen LogP contribution in [0.15, 0.2) is 42.5 Å². The third kappa shape index (κ3) is 4.11. The second kappa shape index (κ2) is 7.54. The number of carbonyl (C=O) groups excluding carboxylic acids is 1. The summed E-state index contributed by atoms with van der Waals surface area (Å²) in [5, 5.41) is 14.2. The Labute approximate surface area is 164 Å². The molecule has 0 fully saturated rings. The van der Waals surface area contributed by atoms with Crippen LogP contribution in [0.4, 0.5) is 4.79 Å². The van der Waals surface area contributed by atoms with Crippen molar-refractivity contribution in [2.24, 2.45) is 0 Å². The number of aryl methyl sites for hydroxylation is 1. The fourth-order valence-electron chi connectivity index (χ4n) is 3.45. The Morgan fingerprint density at radius 3 is 2.43 bits per heavy atom. The van der Waals surface area contributed by atoms with Gasteiger partial charge in [0.15, 0.2) is 0 Å². The van der Waals surface area contributed by atoms with Crippen LogP contribution in [-0.4, -0.2) is 33.4 Å². The van der Waals surface area contributed by atoms with Crippen LogP contribution in [-0.2, 0) is 22.5 Å². The minimum absolute atomic E-state index is 0.177. The summed E-state index contributed by atoms with van der Waals surface area (Å²) in [5.74, 6) is -1.10. The molecule has 0 aliphatic rings. The lowest BCUT2D eigenvalue weighted by molar-refractivity contribution is -0.139. The molecule has 3 rings (SSSR count). The Hall–Kier alpha value is -3.02. The molecule has 1 heterocycles. The van der Waals surface area contributed by atoms with Gasteiger partial charge in [0, 0.05) is 34.8 Å². The molecule has 1 atom stereocenters. The molecular formula is C22H26N2O4. The molecule has 0 aliphatic heterocycles. The van der Waals surface area contributed by atoms with E-state index in [-0.39, 0.29) is 6.42 Å². The molecule has 148 valence electrons. The molecule has 0 aliphatic carbocycles. The van der Waals surface area contributed by atoms with E-state index in [1.54, 1.807) is 20.8 Å². The first-order valence-electron chi connectivity index (χ1n) is 9.42. The Morgan fingerprint density at radius 2 is 1.79 bits per heavy atom. The molecule has 0 saturated carbocycles. The normalized spacial score (nSPS) is 12.9. The number of hydrogen-bond acceptors (Lipinski definition) is 3. The lowest BCUT2D eigenvalue weighted by Gasteiger charge is -2.22. The van der Waals surface area contributed by atoms with Crippen LogP contribution in [0, 0.1) is 0 Å². The number of fused-ring (bicyclic) bond motifs is 3. The van der Waals surface area contributed by atoms with Crippen molar-refractivity contribution in [2.75, 3.05) is 0 Å². The standard InChI is InChI=1S/C22H26N2O4/c1-5-24-18-9-7-6-8-15(18)16-12-14(10-11-19(16)24)13-17(20(25)26)23-21(27)28-22(2,3)4/h6-12,17H,5,13H2,1-4H3,(H,23,27)(H,25,26)/t17-/m0/s1. The van der Waals surface area contributed by atoms with Crippen molar-refractivity contribution in [2.45, 2.75) is 52.3 Å². The molecule has 1 aromatic heterocycles. The van der Waals surface area contributed by atoms with Crippen LogP contribution in [0.3, 0.4) is 0 Å². The maximum Gasteiger partial charge on any atom is 0.408 e. The molecular weight excluding hydrogens is 356 g/mol. The van der Waals surface area contributed by atoms with E-state index in [0.717, 1.165) is 33.9 Å². The zero-order valence-corrected chi connectivity index (χ0v) is 16.7. The number of nitrogens with zero attached hydrogens (tertiary/aromatic N) is 1. The molecule has 6 nitrogen and oxygen atoms in total. The van der Waals surface area contributed by atoms with Gasteiger partial charge in [-0.3, -0.25) is 0 Å². The topological polar surface area (TPSA) is 80.6 Å². The third-order valence-corrected chi connectivity index (χ3v) is 4.58. The smallest absolute Gasteiger partial charge is 0.408 e. The second-order valence-electron chi connectivity index (χ2n) is 7.85. The van der Waals surface area contributed by atoms with E-state index in [1.807, 2.05) is 30.3 Å². The van der Waals surface area contributed by atoms with E-state index >= 15 is 0 Å². The van der Waals surface area contributed by atoms with Gasteiger partial charge in [-0.25, -0.2) is 9.59 Å². The summed E-state index contributed by atoms with van der Waals surface area (Å²) in [7, 11) is 0. The number of amides is 1. The van der Waals surface area contributed by atoms with Gasteiger partial charge in [0.25, 0.3) is 0 Å². The zero-order chi connectivity index (χ0) is 20.5. The summed E-state index contributed by atoms with van der Waals surface area (Å²) >= 11 is 0. The first kappa shape index (κ1) is 19.7. The minimum Gasteiger partial charge on any atom is -0.480 e. The van der Waals surface area contributed by atoms with Crippen molar-refractivity contribution in [1.82, 2.24) is 9.88 Å². The van der Waals surface area contributed by atoms with E-state index in [4.69, 9.17) is 4.74 Å². The van der Waals surface area contributed by atoms with Crippen molar-refractivity contribution in [3.8, 4) is 0 Å². The highest BCUT2D eigenvalue weighted by Gasteiger charge is 2.24. The average Bonchev–Trinajstić information content (AvgIpc) is 2.92. The molecule has 0 bridgehead atoms. The predicted octanol–water partition coefficient (Wildman–Crippen LogP) is 4.33. The van der Waals surface area contributed by atoms with Crippen molar-refractivity contribution in [3.05, 3.63) is 48.0 Å². The van der Waals surface area contributed by atoms with Crippen LogP contribution in [0.5, 0.6) is 0 Å². The zero-order valence-electron chi connectivity index (χ0n) is 16.7. The van der Waals surface area contributed by atoms with E-state index in [9.17, 15) is 14.7 Å². The largest absolute Gasteiger partial charge is 0.480 e. The van der Waals surface area contributed by atoms with Crippen LogP contribution >= 0.6 is 0 Å². The highest BCUT2D eigenvalue weighted by molar-refractivity contribution is 6.08. The van der Waals surface area contributed by atoms with Gasteiger partial charge in [-0.15, -0.1) is 0 Å². The molecule has 0 spiro atoms. The molecule has 0 saturated heterocycles. The van der Waals surface area contributed by atoms with Gasteiger partial charge in [-0.05, 0) is 51.5 Å². The first-order chi connectivity index (χ1) is 13.2. The van der Waals surface area contributed by atoms with Gasteiger partial charge < -0.3 is 19.7 Å². The van der Waals surface area contributed by atoms with Crippen LogP contribution in [0.2, 0.25) is 0 Å². The summed E-state index contributed by atoms with van der Waals surface area (Å²) in [6.45, 7) is 8.16. The van der Waals surface area contributed by atoms with Gasteiger partial charge in [0.1, 0.15) is 11.6 Å². The molecule has 0 radical (unpaired) electrons. The summed E-state index contributed by atoms with van der Waals surface area (Å²) in [4.78, 5) is 23.7.